The van der Waals surface area contributed by atoms with E-state index in [9.17, 15) is 4.39 Å². The minimum absolute atomic E-state index is 0.124. The van der Waals surface area contributed by atoms with E-state index in [1.807, 2.05) is 6.92 Å². The SMILES string of the molecule is C=C(C)CSc1cc(N)c(F)cc1Cl. The minimum Gasteiger partial charge on any atom is -0.396 e. The lowest BCUT2D eigenvalue weighted by atomic mass is 10.3. The molecule has 0 amide bonds. The Balaban J connectivity index is 2.87. The van der Waals surface area contributed by atoms with Crippen molar-refractivity contribution in [1.29, 1.82) is 0 Å². The molecule has 0 unspecified atom stereocenters. The largest absolute Gasteiger partial charge is 0.396 e. The Bertz CT molecular complexity index is 365. The molecule has 76 valence electrons. The van der Waals surface area contributed by atoms with Crippen LogP contribution < -0.4 is 5.73 Å². The lowest BCUT2D eigenvalue weighted by molar-refractivity contribution is 0.631. The highest BCUT2D eigenvalue weighted by molar-refractivity contribution is 7.99. The summed E-state index contributed by atoms with van der Waals surface area (Å²) < 4.78 is 12.9. The van der Waals surface area contributed by atoms with E-state index < -0.39 is 5.82 Å². The van der Waals surface area contributed by atoms with E-state index in [2.05, 4.69) is 6.58 Å². The molecule has 1 rings (SSSR count). The van der Waals surface area contributed by atoms with Gasteiger partial charge in [0, 0.05) is 10.6 Å². The van der Waals surface area contributed by atoms with Crippen LogP contribution in [0, 0.1) is 5.82 Å². The lowest BCUT2D eigenvalue weighted by Gasteiger charge is -2.05. The molecule has 1 aromatic carbocycles. The number of benzene rings is 1. The molecule has 0 saturated carbocycles. The fraction of sp³-hybridized carbons (Fsp3) is 0.200. The molecule has 4 heteroatoms. The van der Waals surface area contributed by atoms with Gasteiger partial charge in [0.2, 0.25) is 0 Å². The molecule has 0 aliphatic carbocycles. The molecule has 0 radical (unpaired) electrons. The zero-order valence-electron chi connectivity index (χ0n) is 7.81. The van der Waals surface area contributed by atoms with Crippen LogP contribution >= 0.6 is 23.4 Å². The Morgan fingerprint density at radius 1 is 1.64 bits per heavy atom. The van der Waals surface area contributed by atoms with E-state index in [1.54, 1.807) is 6.07 Å². The van der Waals surface area contributed by atoms with Crippen LogP contribution in [0.25, 0.3) is 0 Å². The van der Waals surface area contributed by atoms with Gasteiger partial charge in [-0.05, 0) is 19.1 Å². The normalized spacial score (nSPS) is 10.2. The fourth-order valence-electron chi connectivity index (χ4n) is 0.856. The summed E-state index contributed by atoms with van der Waals surface area (Å²) in [4.78, 5) is 0.786. The van der Waals surface area contributed by atoms with Gasteiger partial charge in [-0.25, -0.2) is 4.39 Å². The molecule has 0 aliphatic heterocycles. The predicted octanol–water partition coefficient (Wildman–Crippen LogP) is 3.73. The third-order valence-electron chi connectivity index (χ3n) is 1.53. The maximum Gasteiger partial charge on any atom is 0.147 e. The van der Waals surface area contributed by atoms with Crippen molar-refractivity contribution in [1.82, 2.24) is 0 Å². The van der Waals surface area contributed by atoms with E-state index in [-0.39, 0.29) is 5.69 Å². The second-order valence-electron chi connectivity index (χ2n) is 3.05. The first-order valence-corrected chi connectivity index (χ1v) is 5.38. The summed E-state index contributed by atoms with van der Waals surface area (Å²) in [6.45, 7) is 5.69. The monoisotopic (exact) mass is 231 g/mol. The van der Waals surface area contributed by atoms with Crippen molar-refractivity contribution in [2.24, 2.45) is 0 Å². The highest BCUT2D eigenvalue weighted by Crippen LogP contribution is 2.31. The van der Waals surface area contributed by atoms with Crippen molar-refractivity contribution in [3.63, 3.8) is 0 Å². The van der Waals surface area contributed by atoms with Gasteiger partial charge in [0.05, 0.1) is 10.7 Å². The first-order valence-electron chi connectivity index (χ1n) is 4.02. The van der Waals surface area contributed by atoms with Crippen LogP contribution in [0.4, 0.5) is 10.1 Å². The van der Waals surface area contributed by atoms with E-state index in [0.717, 1.165) is 16.2 Å². The van der Waals surface area contributed by atoms with Crippen LogP contribution in [0.5, 0.6) is 0 Å². The number of hydrogen-bond acceptors (Lipinski definition) is 2. The molecule has 0 aliphatic rings. The predicted molar refractivity (Wildman–Crippen MR) is 61.4 cm³/mol. The number of rotatable bonds is 3. The van der Waals surface area contributed by atoms with Crippen LogP contribution in [0.2, 0.25) is 5.02 Å². The number of nitrogen functional groups attached to an aromatic ring is 1. The van der Waals surface area contributed by atoms with Crippen molar-refractivity contribution >= 4 is 29.1 Å². The molecule has 0 heterocycles. The Labute approximate surface area is 92.1 Å². The summed E-state index contributed by atoms with van der Waals surface area (Å²) in [5.41, 5.74) is 6.59. The lowest BCUT2D eigenvalue weighted by Crippen LogP contribution is -1.91. The zero-order valence-corrected chi connectivity index (χ0v) is 9.38. The Morgan fingerprint density at radius 3 is 2.86 bits per heavy atom. The number of anilines is 1. The Morgan fingerprint density at radius 2 is 2.29 bits per heavy atom. The van der Waals surface area contributed by atoms with Crippen LogP contribution in [0.3, 0.4) is 0 Å². The van der Waals surface area contributed by atoms with E-state index in [1.165, 1.54) is 17.8 Å². The second-order valence-corrected chi connectivity index (χ2v) is 4.47. The van der Waals surface area contributed by atoms with E-state index >= 15 is 0 Å². The zero-order chi connectivity index (χ0) is 10.7. The fourth-order valence-corrected chi connectivity index (χ4v) is 1.98. The number of halogens is 2. The maximum atomic E-state index is 12.9. The molecule has 0 aromatic heterocycles. The standard InChI is InChI=1S/C10H11ClFNS/c1-6(2)5-14-10-4-9(13)8(12)3-7(10)11/h3-4H,1,5,13H2,2H3. The molecule has 14 heavy (non-hydrogen) atoms. The summed E-state index contributed by atoms with van der Waals surface area (Å²) in [5.74, 6) is 0.278. The van der Waals surface area contributed by atoms with Crippen molar-refractivity contribution in [2.75, 3.05) is 11.5 Å². The molecule has 0 saturated heterocycles. The van der Waals surface area contributed by atoms with Crippen LogP contribution in [0.1, 0.15) is 6.92 Å². The summed E-state index contributed by atoms with van der Waals surface area (Å²) in [6, 6.07) is 2.78. The highest BCUT2D eigenvalue weighted by Gasteiger charge is 2.06. The molecule has 1 aromatic rings. The summed E-state index contributed by atoms with van der Waals surface area (Å²) in [5, 5.41) is 0.392. The van der Waals surface area contributed by atoms with Crippen molar-refractivity contribution < 1.29 is 4.39 Å². The first-order chi connectivity index (χ1) is 6.50. The molecular weight excluding hydrogens is 221 g/mol. The van der Waals surface area contributed by atoms with Gasteiger partial charge in [-0.2, -0.15) is 0 Å². The number of hydrogen-bond donors (Lipinski definition) is 1. The Kier molecular flexibility index (Phi) is 3.84. The van der Waals surface area contributed by atoms with Gasteiger partial charge in [-0.1, -0.05) is 23.8 Å². The quantitative estimate of drug-likeness (QED) is 0.487. The van der Waals surface area contributed by atoms with Gasteiger partial charge in [0.1, 0.15) is 5.82 Å². The average Bonchev–Trinajstić information content (AvgIpc) is 2.09. The molecule has 0 fully saturated rings. The molecular formula is C10H11ClFNS. The van der Waals surface area contributed by atoms with Gasteiger partial charge >= 0.3 is 0 Å². The minimum atomic E-state index is -0.477. The summed E-state index contributed by atoms with van der Waals surface area (Å²) in [7, 11) is 0. The third-order valence-corrected chi connectivity index (χ3v) is 3.24. The molecule has 2 N–H and O–H groups in total. The van der Waals surface area contributed by atoms with Crippen LogP contribution in [0.15, 0.2) is 29.2 Å². The Hall–Kier alpha value is -0.670. The van der Waals surface area contributed by atoms with Crippen molar-refractivity contribution in [3.05, 3.63) is 35.1 Å². The van der Waals surface area contributed by atoms with Gasteiger partial charge in [-0.3, -0.25) is 0 Å². The van der Waals surface area contributed by atoms with E-state index in [0.29, 0.717) is 5.02 Å². The molecule has 0 atom stereocenters. The van der Waals surface area contributed by atoms with Crippen molar-refractivity contribution in [3.8, 4) is 0 Å². The van der Waals surface area contributed by atoms with Gasteiger partial charge < -0.3 is 5.73 Å². The smallest absolute Gasteiger partial charge is 0.147 e. The molecule has 0 spiro atoms. The maximum absolute atomic E-state index is 12.9. The second kappa shape index (κ2) is 4.71. The van der Waals surface area contributed by atoms with Crippen LogP contribution in [-0.2, 0) is 0 Å². The van der Waals surface area contributed by atoms with Gasteiger partial charge in [0.25, 0.3) is 0 Å². The number of thioether (sulfide) groups is 1. The first kappa shape index (κ1) is 11.4. The molecule has 1 nitrogen and oxygen atoms in total. The van der Waals surface area contributed by atoms with E-state index in [4.69, 9.17) is 17.3 Å². The number of nitrogens with two attached hydrogens (primary N) is 1. The third kappa shape index (κ3) is 2.93. The van der Waals surface area contributed by atoms with Gasteiger partial charge in [0.15, 0.2) is 0 Å². The summed E-state index contributed by atoms with van der Waals surface area (Å²) in [6.07, 6.45) is 0. The topological polar surface area (TPSA) is 26.0 Å². The summed E-state index contributed by atoms with van der Waals surface area (Å²) >= 11 is 7.34. The van der Waals surface area contributed by atoms with Crippen LogP contribution in [-0.4, -0.2) is 5.75 Å². The van der Waals surface area contributed by atoms with Crippen molar-refractivity contribution in [2.45, 2.75) is 11.8 Å². The highest BCUT2D eigenvalue weighted by atomic mass is 35.5. The average molecular weight is 232 g/mol. The molecule has 0 bridgehead atoms. The van der Waals surface area contributed by atoms with Gasteiger partial charge in [-0.15, -0.1) is 11.8 Å².